The standard InChI is InChI=1S/C15H15FN2OS/c16-11-2-1-3-13(10-11)18-15(19)8-9-20-14-6-4-12(17)5-7-14/h1-7,10H,8-9,17H2,(H,18,19). The van der Waals surface area contributed by atoms with Crippen molar-refractivity contribution in [3.63, 3.8) is 0 Å². The van der Waals surface area contributed by atoms with Gasteiger partial charge in [0.2, 0.25) is 5.91 Å². The van der Waals surface area contributed by atoms with Crippen molar-refractivity contribution in [1.82, 2.24) is 0 Å². The van der Waals surface area contributed by atoms with Crippen LogP contribution < -0.4 is 11.1 Å². The summed E-state index contributed by atoms with van der Waals surface area (Å²) < 4.78 is 13.0. The topological polar surface area (TPSA) is 55.1 Å². The lowest BCUT2D eigenvalue weighted by Crippen LogP contribution is -2.12. The zero-order valence-electron chi connectivity index (χ0n) is 10.8. The molecule has 0 spiro atoms. The van der Waals surface area contributed by atoms with Crippen LogP contribution in [0.2, 0.25) is 0 Å². The molecule has 0 heterocycles. The molecule has 0 radical (unpaired) electrons. The average Bonchev–Trinajstić information content (AvgIpc) is 2.41. The van der Waals surface area contributed by atoms with Crippen LogP contribution in [0.25, 0.3) is 0 Å². The highest BCUT2D eigenvalue weighted by Crippen LogP contribution is 2.20. The Balaban J connectivity index is 1.76. The number of amides is 1. The molecular weight excluding hydrogens is 275 g/mol. The second-order valence-corrected chi connectivity index (χ2v) is 5.39. The first-order valence-corrected chi connectivity index (χ1v) is 7.16. The normalized spacial score (nSPS) is 10.2. The van der Waals surface area contributed by atoms with Crippen molar-refractivity contribution in [2.24, 2.45) is 0 Å². The number of nitrogens with one attached hydrogen (secondary N) is 1. The number of carbonyl (C=O) groups is 1. The summed E-state index contributed by atoms with van der Waals surface area (Å²) in [4.78, 5) is 12.8. The number of hydrogen-bond acceptors (Lipinski definition) is 3. The predicted molar refractivity (Wildman–Crippen MR) is 81.2 cm³/mol. The SMILES string of the molecule is Nc1ccc(SCCC(=O)Nc2cccc(F)c2)cc1. The van der Waals surface area contributed by atoms with Crippen molar-refractivity contribution >= 4 is 29.0 Å². The third kappa shape index (κ3) is 4.59. The van der Waals surface area contributed by atoms with Gasteiger partial charge >= 0.3 is 0 Å². The number of nitrogens with two attached hydrogens (primary N) is 1. The maximum atomic E-state index is 13.0. The first kappa shape index (κ1) is 14.4. The second kappa shape index (κ2) is 6.96. The minimum atomic E-state index is -0.362. The Morgan fingerprint density at radius 2 is 1.95 bits per heavy atom. The quantitative estimate of drug-likeness (QED) is 0.654. The number of benzene rings is 2. The van der Waals surface area contributed by atoms with Gasteiger partial charge in [-0.1, -0.05) is 6.07 Å². The minimum absolute atomic E-state index is 0.126. The minimum Gasteiger partial charge on any atom is -0.399 e. The highest BCUT2D eigenvalue weighted by Gasteiger charge is 2.03. The Bertz CT molecular complexity index is 587. The zero-order valence-corrected chi connectivity index (χ0v) is 11.6. The molecule has 0 saturated carbocycles. The van der Waals surface area contributed by atoms with Gasteiger partial charge in [0.05, 0.1) is 0 Å². The maximum Gasteiger partial charge on any atom is 0.225 e. The van der Waals surface area contributed by atoms with Crippen LogP contribution in [0.3, 0.4) is 0 Å². The van der Waals surface area contributed by atoms with E-state index in [0.29, 0.717) is 17.9 Å². The fraction of sp³-hybridized carbons (Fsp3) is 0.133. The molecule has 1 amide bonds. The Hall–Kier alpha value is -2.01. The van der Waals surface area contributed by atoms with Crippen LogP contribution in [-0.4, -0.2) is 11.7 Å². The highest BCUT2D eigenvalue weighted by atomic mass is 32.2. The molecule has 20 heavy (non-hydrogen) atoms. The third-order valence-electron chi connectivity index (χ3n) is 2.59. The van der Waals surface area contributed by atoms with E-state index in [1.165, 1.54) is 12.1 Å². The fourth-order valence-electron chi connectivity index (χ4n) is 1.62. The maximum absolute atomic E-state index is 13.0. The molecule has 104 valence electrons. The number of thioether (sulfide) groups is 1. The van der Waals surface area contributed by atoms with Crippen LogP contribution in [0.5, 0.6) is 0 Å². The third-order valence-corrected chi connectivity index (χ3v) is 3.60. The molecule has 0 saturated heterocycles. The van der Waals surface area contributed by atoms with E-state index in [-0.39, 0.29) is 11.7 Å². The van der Waals surface area contributed by atoms with Gasteiger partial charge in [0.25, 0.3) is 0 Å². The van der Waals surface area contributed by atoms with Gasteiger partial charge in [-0.15, -0.1) is 11.8 Å². The van der Waals surface area contributed by atoms with Gasteiger partial charge in [0, 0.05) is 28.4 Å². The first-order chi connectivity index (χ1) is 9.63. The van der Waals surface area contributed by atoms with Gasteiger partial charge in [-0.3, -0.25) is 4.79 Å². The summed E-state index contributed by atoms with van der Waals surface area (Å²) in [6.45, 7) is 0. The van der Waals surface area contributed by atoms with Crippen molar-refractivity contribution in [2.45, 2.75) is 11.3 Å². The van der Waals surface area contributed by atoms with Crippen LogP contribution in [0.4, 0.5) is 15.8 Å². The Morgan fingerprint density at radius 3 is 2.65 bits per heavy atom. The van der Waals surface area contributed by atoms with E-state index in [2.05, 4.69) is 5.32 Å². The molecule has 0 aliphatic carbocycles. The van der Waals surface area contributed by atoms with Crippen molar-refractivity contribution < 1.29 is 9.18 Å². The molecule has 0 aliphatic rings. The molecule has 0 aromatic heterocycles. The largest absolute Gasteiger partial charge is 0.399 e. The molecule has 2 rings (SSSR count). The lowest BCUT2D eigenvalue weighted by molar-refractivity contribution is -0.115. The Kier molecular flexibility index (Phi) is 5.01. The highest BCUT2D eigenvalue weighted by molar-refractivity contribution is 7.99. The monoisotopic (exact) mass is 290 g/mol. The number of hydrogen-bond donors (Lipinski definition) is 2. The van der Waals surface area contributed by atoms with Crippen molar-refractivity contribution in [1.29, 1.82) is 0 Å². The molecular formula is C15H15FN2OS. The predicted octanol–water partition coefficient (Wildman–Crippen LogP) is 3.53. The zero-order chi connectivity index (χ0) is 14.4. The summed E-state index contributed by atoms with van der Waals surface area (Å²) in [5, 5.41) is 2.67. The van der Waals surface area contributed by atoms with Crippen LogP contribution >= 0.6 is 11.8 Å². The smallest absolute Gasteiger partial charge is 0.225 e. The summed E-state index contributed by atoms with van der Waals surface area (Å²) in [5.74, 6) is 0.169. The summed E-state index contributed by atoms with van der Waals surface area (Å²) in [7, 11) is 0. The van der Waals surface area contributed by atoms with E-state index in [1.807, 2.05) is 24.3 Å². The van der Waals surface area contributed by atoms with Crippen LogP contribution in [0, 0.1) is 5.82 Å². The van der Waals surface area contributed by atoms with Gasteiger partial charge in [0.15, 0.2) is 0 Å². The molecule has 0 fully saturated rings. The summed E-state index contributed by atoms with van der Waals surface area (Å²) in [6, 6.07) is 13.4. The van der Waals surface area contributed by atoms with E-state index in [9.17, 15) is 9.18 Å². The molecule has 0 aliphatic heterocycles. The molecule has 3 N–H and O–H groups in total. The molecule has 0 unspecified atom stereocenters. The molecule has 2 aromatic rings. The number of anilines is 2. The number of halogens is 1. The number of carbonyl (C=O) groups excluding carboxylic acids is 1. The van der Waals surface area contributed by atoms with Crippen molar-refractivity contribution in [3.05, 3.63) is 54.3 Å². The van der Waals surface area contributed by atoms with Gasteiger partial charge < -0.3 is 11.1 Å². The van der Waals surface area contributed by atoms with E-state index in [1.54, 1.807) is 23.9 Å². The van der Waals surface area contributed by atoms with Crippen LogP contribution in [0.1, 0.15) is 6.42 Å². The molecule has 2 aromatic carbocycles. The number of nitrogen functional groups attached to an aromatic ring is 1. The first-order valence-electron chi connectivity index (χ1n) is 6.17. The second-order valence-electron chi connectivity index (χ2n) is 4.23. The molecule has 0 bridgehead atoms. The fourth-order valence-corrected chi connectivity index (χ4v) is 2.47. The van der Waals surface area contributed by atoms with E-state index in [4.69, 9.17) is 5.73 Å². The lowest BCUT2D eigenvalue weighted by atomic mass is 10.3. The summed E-state index contributed by atoms with van der Waals surface area (Å²) in [6.07, 6.45) is 0.367. The van der Waals surface area contributed by atoms with Crippen LogP contribution in [-0.2, 0) is 4.79 Å². The van der Waals surface area contributed by atoms with Crippen molar-refractivity contribution in [2.75, 3.05) is 16.8 Å². The van der Waals surface area contributed by atoms with E-state index < -0.39 is 0 Å². The lowest BCUT2D eigenvalue weighted by Gasteiger charge is -2.05. The van der Waals surface area contributed by atoms with Gasteiger partial charge in [-0.25, -0.2) is 4.39 Å². The van der Waals surface area contributed by atoms with Gasteiger partial charge in [-0.2, -0.15) is 0 Å². The van der Waals surface area contributed by atoms with Crippen molar-refractivity contribution in [3.8, 4) is 0 Å². The van der Waals surface area contributed by atoms with E-state index >= 15 is 0 Å². The van der Waals surface area contributed by atoms with Gasteiger partial charge in [0.1, 0.15) is 5.82 Å². The summed E-state index contributed by atoms with van der Waals surface area (Å²) >= 11 is 1.58. The average molecular weight is 290 g/mol. The van der Waals surface area contributed by atoms with E-state index in [0.717, 1.165) is 10.6 Å². The molecule has 0 atom stereocenters. The van der Waals surface area contributed by atoms with Gasteiger partial charge in [-0.05, 0) is 42.5 Å². The van der Waals surface area contributed by atoms with Crippen LogP contribution in [0.15, 0.2) is 53.4 Å². The Morgan fingerprint density at radius 1 is 1.20 bits per heavy atom. The molecule has 3 nitrogen and oxygen atoms in total. The summed E-state index contributed by atoms with van der Waals surface area (Å²) in [5.41, 5.74) is 6.80. The molecule has 5 heteroatoms. The number of rotatable bonds is 5. The Labute approximate surface area is 121 Å².